The van der Waals surface area contributed by atoms with Crippen molar-refractivity contribution in [1.29, 1.82) is 0 Å². The van der Waals surface area contributed by atoms with Crippen molar-refractivity contribution in [3.05, 3.63) is 16.3 Å². The first-order valence-corrected chi connectivity index (χ1v) is 6.72. The number of nitrogen functional groups attached to an aromatic ring is 1. The number of nitrogens with two attached hydrogens (primary N) is 1. The number of carbonyl (C=O) groups is 1. The lowest BCUT2D eigenvalue weighted by Crippen LogP contribution is -2.28. The van der Waals surface area contributed by atoms with E-state index in [0.29, 0.717) is 16.5 Å². The summed E-state index contributed by atoms with van der Waals surface area (Å²) in [6.45, 7) is 3.99. The summed E-state index contributed by atoms with van der Waals surface area (Å²) < 4.78 is 0. The molecule has 0 spiro atoms. The van der Waals surface area contributed by atoms with Gasteiger partial charge in [0.2, 0.25) is 0 Å². The van der Waals surface area contributed by atoms with Crippen LogP contribution in [-0.2, 0) is 0 Å². The maximum absolute atomic E-state index is 12.1. The average molecular weight is 238 g/mol. The number of nitrogens with zero attached hydrogens (tertiary/aromatic N) is 1. The summed E-state index contributed by atoms with van der Waals surface area (Å²) in [5.41, 5.74) is 6.38. The van der Waals surface area contributed by atoms with Crippen LogP contribution < -0.4 is 5.73 Å². The molecule has 2 rings (SSSR count). The van der Waals surface area contributed by atoms with Crippen molar-refractivity contribution in [2.24, 2.45) is 5.92 Å². The first-order valence-electron chi connectivity index (χ1n) is 5.84. The maximum Gasteiger partial charge on any atom is 0.266 e. The monoisotopic (exact) mass is 238 g/mol. The Kier molecular flexibility index (Phi) is 3.49. The fraction of sp³-hybridized carbons (Fsp3) is 0.583. The van der Waals surface area contributed by atoms with Gasteiger partial charge >= 0.3 is 0 Å². The van der Waals surface area contributed by atoms with Crippen molar-refractivity contribution in [2.75, 3.05) is 18.8 Å². The molecule has 16 heavy (non-hydrogen) atoms. The molecule has 0 saturated carbocycles. The number of amides is 1. The van der Waals surface area contributed by atoms with Crippen LogP contribution in [-0.4, -0.2) is 23.9 Å². The average Bonchev–Trinajstić information content (AvgIpc) is 2.87. The molecular weight excluding hydrogens is 220 g/mol. The first kappa shape index (κ1) is 11.5. The molecule has 1 aliphatic rings. The van der Waals surface area contributed by atoms with Crippen LogP contribution in [0.4, 0.5) is 5.69 Å². The molecule has 2 heterocycles. The predicted molar refractivity (Wildman–Crippen MR) is 67.6 cm³/mol. The molecule has 1 amide bonds. The molecule has 88 valence electrons. The number of rotatable bonds is 3. The van der Waals surface area contributed by atoms with Crippen LogP contribution >= 0.6 is 11.3 Å². The van der Waals surface area contributed by atoms with Gasteiger partial charge in [0.1, 0.15) is 4.88 Å². The highest BCUT2D eigenvalue weighted by Gasteiger charge is 2.27. The summed E-state index contributed by atoms with van der Waals surface area (Å²) in [5, 5.41) is 1.88. The lowest BCUT2D eigenvalue weighted by atomic mass is 10.0. The highest BCUT2D eigenvalue weighted by atomic mass is 32.1. The molecule has 1 fully saturated rings. The topological polar surface area (TPSA) is 46.3 Å². The molecule has 4 heteroatoms. The fourth-order valence-electron chi connectivity index (χ4n) is 2.30. The van der Waals surface area contributed by atoms with Crippen LogP contribution in [0.25, 0.3) is 0 Å². The van der Waals surface area contributed by atoms with Crippen molar-refractivity contribution in [1.82, 2.24) is 4.90 Å². The predicted octanol–water partition coefficient (Wildman–Crippen LogP) is 2.59. The number of anilines is 1. The zero-order chi connectivity index (χ0) is 11.5. The standard InChI is InChI=1S/C12H18N2OS/c1-2-3-9-4-6-14(8-9)12(15)11-10(13)5-7-16-11/h5,7,9H,2-4,6,8,13H2,1H3. The van der Waals surface area contributed by atoms with E-state index in [2.05, 4.69) is 6.92 Å². The second-order valence-electron chi connectivity index (χ2n) is 4.40. The Morgan fingerprint density at radius 2 is 2.50 bits per heavy atom. The van der Waals surface area contributed by atoms with Gasteiger partial charge < -0.3 is 10.6 Å². The van der Waals surface area contributed by atoms with Crippen LogP contribution in [0, 0.1) is 5.92 Å². The molecule has 0 aromatic carbocycles. The minimum atomic E-state index is 0.117. The maximum atomic E-state index is 12.1. The third kappa shape index (κ3) is 2.21. The van der Waals surface area contributed by atoms with E-state index in [4.69, 9.17) is 5.73 Å². The lowest BCUT2D eigenvalue weighted by Gasteiger charge is -2.15. The van der Waals surface area contributed by atoms with E-state index in [-0.39, 0.29) is 5.91 Å². The van der Waals surface area contributed by atoms with E-state index >= 15 is 0 Å². The second kappa shape index (κ2) is 4.87. The van der Waals surface area contributed by atoms with Crippen LogP contribution in [0.5, 0.6) is 0 Å². The van der Waals surface area contributed by atoms with Gasteiger partial charge in [0.25, 0.3) is 5.91 Å². The van der Waals surface area contributed by atoms with E-state index in [1.165, 1.54) is 24.2 Å². The zero-order valence-corrected chi connectivity index (χ0v) is 10.4. The molecule has 0 aliphatic carbocycles. The third-order valence-corrected chi connectivity index (χ3v) is 4.08. The normalized spacial score (nSPS) is 20.3. The quantitative estimate of drug-likeness (QED) is 0.879. The Balaban J connectivity index is 2.00. The van der Waals surface area contributed by atoms with Gasteiger partial charge in [0.05, 0.1) is 5.69 Å². The van der Waals surface area contributed by atoms with Crippen molar-refractivity contribution in [3.8, 4) is 0 Å². The smallest absolute Gasteiger partial charge is 0.266 e. The van der Waals surface area contributed by atoms with Gasteiger partial charge in [-0.1, -0.05) is 13.3 Å². The molecule has 1 aliphatic heterocycles. The molecule has 1 unspecified atom stereocenters. The van der Waals surface area contributed by atoms with Crippen molar-refractivity contribution in [3.63, 3.8) is 0 Å². The highest BCUT2D eigenvalue weighted by Crippen LogP contribution is 2.26. The summed E-state index contributed by atoms with van der Waals surface area (Å²) in [4.78, 5) is 14.8. The SMILES string of the molecule is CCCC1CCN(C(=O)c2sccc2N)C1. The van der Waals surface area contributed by atoms with Gasteiger partial charge in [-0.25, -0.2) is 0 Å². The number of carbonyl (C=O) groups excluding carboxylic acids is 1. The minimum absolute atomic E-state index is 0.117. The molecule has 2 N–H and O–H groups in total. The molecule has 1 atom stereocenters. The molecule has 1 aromatic heterocycles. The number of thiophene rings is 1. The van der Waals surface area contributed by atoms with E-state index in [9.17, 15) is 4.79 Å². The number of likely N-dealkylation sites (tertiary alicyclic amines) is 1. The largest absolute Gasteiger partial charge is 0.397 e. The Bertz CT molecular complexity index is 375. The van der Waals surface area contributed by atoms with Gasteiger partial charge in [-0.2, -0.15) is 0 Å². The van der Waals surface area contributed by atoms with Crippen LogP contribution in [0.3, 0.4) is 0 Å². The Hall–Kier alpha value is -1.03. The van der Waals surface area contributed by atoms with E-state index in [1.54, 1.807) is 6.07 Å². The van der Waals surface area contributed by atoms with Crippen molar-refractivity contribution in [2.45, 2.75) is 26.2 Å². The van der Waals surface area contributed by atoms with Gasteiger partial charge in [-0.15, -0.1) is 11.3 Å². The molecule has 0 bridgehead atoms. The fourth-order valence-corrected chi connectivity index (χ4v) is 3.08. The Morgan fingerprint density at radius 3 is 3.12 bits per heavy atom. The summed E-state index contributed by atoms with van der Waals surface area (Å²) >= 11 is 1.44. The summed E-state index contributed by atoms with van der Waals surface area (Å²) in [5.74, 6) is 0.807. The summed E-state index contributed by atoms with van der Waals surface area (Å²) in [6, 6.07) is 1.80. The molecule has 1 saturated heterocycles. The second-order valence-corrected chi connectivity index (χ2v) is 5.32. The highest BCUT2D eigenvalue weighted by molar-refractivity contribution is 7.12. The van der Waals surface area contributed by atoms with Crippen LogP contribution in [0.1, 0.15) is 35.9 Å². The van der Waals surface area contributed by atoms with Crippen LogP contribution in [0.2, 0.25) is 0 Å². The number of hydrogen-bond donors (Lipinski definition) is 1. The van der Waals surface area contributed by atoms with Gasteiger partial charge in [-0.3, -0.25) is 4.79 Å². The van der Waals surface area contributed by atoms with E-state index in [1.807, 2.05) is 10.3 Å². The minimum Gasteiger partial charge on any atom is -0.397 e. The van der Waals surface area contributed by atoms with Crippen LogP contribution in [0.15, 0.2) is 11.4 Å². The molecule has 0 radical (unpaired) electrons. The van der Waals surface area contributed by atoms with E-state index < -0.39 is 0 Å². The van der Waals surface area contributed by atoms with Crippen molar-refractivity contribution >= 4 is 22.9 Å². The third-order valence-electron chi connectivity index (χ3n) is 3.16. The Labute approximate surface area is 100 Å². The summed E-state index contributed by atoms with van der Waals surface area (Å²) in [7, 11) is 0. The first-order chi connectivity index (χ1) is 7.72. The van der Waals surface area contributed by atoms with Gasteiger partial charge in [0.15, 0.2) is 0 Å². The zero-order valence-electron chi connectivity index (χ0n) is 9.61. The van der Waals surface area contributed by atoms with Crippen molar-refractivity contribution < 1.29 is 4.79 Å². The molecule has 3 nitrogen and oxygen atoms in total. The number of hydrogen-bond acceptors (Lipinski definition) is 3. The molecule has 1 aromatic rings. The summed E-state index contributed by atoms with van der Waals surface area (Å²) in [6.07, 6.45) is 3.57. The van der Waals surface area contributed by atoms with Gasteiger partial charge in [0, 0.05) is 13.1 Å². The molecular formula is C12H18N2OS. The van der Waals surface area contributed by atoms with E-state index in [0.717, 1.165) is 19.5 Å². The van der Waals surface area contributed by atoms with Gasteiger partial charge in [-0.05, 0) is 30.2 Å². The Morgan fingerprint density at radius 1 is 1.69 bits per heavy atom. The lowest BCUT2D eigenvalue weighted by molar-refractivity contribution is 0.0792.